The fraction of sp³-hybridized carbons (Fsp3) is 0.797. The Kier molecular flexibility index (Phi) is 33.1. The maximum atomic E-state index is 15.2. The molecule has 0 radical (unpaired) electrons. The molecule has 1 saturated heterocycles. The summed E-state index contributed by atoms with van der Waals surface area (Å²) >= 11 is 0. The van der Waals surface area contributed by atoms with E-state index in [1.807, 2.05) is 48.5 Å². The van der Waals surface area contributed by atoms with Crippen LogP contribution in [0.1, 0.15) is 163 Å². The molecule has 1 aliphatic heterocycles. The van der Waals surface area contributed by atoms with E-state index in [0.29, 0.717) is 12.8 Å². The predicted molar refractivity (Wildman–Crippen MR) is 341 cm³/mol. The first-order valence-corrected chi connectivity index (χ1v) is 31.8. The topological polar surface area (TPSA) is 305 Å². The van der Waals surface area contributed by atoms with Crippen molar-refractivity contribution in [2.75, 3.05) is 55.9 Å². The highest BCUT2D eigenvalue weighted by atomic mass is 16.3. The molecule has 7 N–H and O–H groups in total. The van der Waals surface area contributed by atoms with E-state index in [9.17, 15) is 48.3 Å². The lowest BCUT2D eigenvalue weighted by Gasteiger charge is -2.41. The van der Waals surface area contributed by atoms with Crippen molar-refractivity contribution in [1.29, 1.82) is 0 Å². The van der Waals surface area contributed by atoms with Gasteiger partial charge in [-0.1, -0.05) is 116 Å². The number of nitrogens with zero attached hydrogens (tertiary/aromatic N) is 7. The lowest BCUT2D eigenvalue weighted by Crippen LogP contribution is -2.64. The number of aliphatic hydroxyl groups excluding tert-OH is 1. The maximum absolute atomic E-state index is 15.2. The number of nitrogens with one attached hydrogen (secondary N) is 4. The molecule has 504 valence electrons. The minimum absolute atomic E-state index is 0.0100. The average molecular weight is 1250 g/mol. The van der Waals surface area contributed by atoms with Crippen LogP contribution in [0.2, 0.25) is 0 Å². The van der Waals surface area contributed by atoms with Gasteiger partial charge in [0.05, 0.1) is 6.10 Å². The zero-order valence-electron chi connectivity index (χ0n) is 57.9. The molecule has 0 saturated carbocycles. The van der Waals surface area contributed by atoms with Crippen molar-refractivity contribution < 1.29 is 57.8 Å². The molecular formula is C64H116N12O12. The number of aliphatic hydroxyl groups is 1. The third-order valence-electron chi connectivity index (χ3n) is 17.2. The van der Waals surface area contributed by atoms with Gasteiger partial charge in [0, 0.05) is 49.3 Å². The van der Waals surface area contributed by atoms with E-state index in [-0.39, 0.29) is 56.4 Å². The molecule has 0 aromatic rings. The largest absolute Gasteiger partial charge is 0.390 e. The van der Waals surface area contributed by atoms with Crippen LogP contribution in [0.5, 0.6) is 0 Å². The number of carbonyl (C=O) groups is 11. The molecule has 1 unspecified atom stereocenters. The van der Waals surface area contributed by atoms with E-state index in [2.05, 4.69) is 21.3 Å². The Morgan fingerprint density at radius 1 is 0.466 bits per heavy atom. The van der Waals surface area contributed by atoms with Gasteiger partial charge in [-0.2, -0.15) is 0 Å². The van der Waals surface area contributed by atoms with Crippen molar-refractivity contribution >= 4 is 65.0 Å². The highest BCUT2D eigenvalue weighted by Crippen LogP contribution is 2.26. The summed E-state index contributed by atoms with van der Waals surface area (Å²) in [5.74, 6) is -10.3. The van der Waals surface area contributed by atoms with E-state index in [0.717, 1.165) is 9.80 Å². The smallest absolute Gasteiger partial charge is 0.246 e. The van der Waals surface area contributed by atoms with Crippen LogP contribution in [-0.2, 0) is 52.7 Å². The van der Waals surface area contributed by atoms with Gasteiger partial charge in [0.15, 0.2) is 0 Å². The van der Waals surface area contributed by atoms with Crippen LogP contribution in [-0.4, -0.2) is 233 Å². The molecule has 0 spiro atoms. The Morgan fingerprint density at radius 3 is 1.34 bits per heavy atom. The summed E-state index contributed by atoms with van der Waals surface area (Å²) in [6, 6.07) is -13.9. The number of rotatable bonds is 17. The van der Waals surface area contributed by atoms with Crippen LogP contribution in [0.4, 0.5) is 0 Å². The molecule has 14 atom stereocenters. The van der Waals surface area contributed by atoms with E-state index < -0.39 is 161 Å². The zero-order chi connectivity index (χ0) is 68.3. The number of likely N-dealkylation sites (N-methyl/N-ethyl adjacent to an activating group) is 7. The number of amides is 11. The minimum atomic E-state index is -1.64. The van der Waals surface area contributed by atoms with Crippen LogP contribution in [0, 0.1) is 41.4 Å². The Bertz CT molecular complexity index is 2400. The third kappa shape index (κ3) is 21.2. The number of hydrogen-bond acceptors (Lipinski definition) is 13. The van der Waals surface area contributed by atoms with E-state index in [1.165, 1.54) is 87.7 Å². The van der Waals surface area contributed by atoms with Crippen molar-refractivity contribution in [3.8, 4) is 0 Å². The summed E-state index contributed by atoms with van der Waals surface area (Å²) in [5.41, 5.74) is 6.13. The summed E-state index contributed by atoms with van der Waals surface area (Å²) < 4.78 is 0. The van der Waals surface area contributed by atoms with Crippen molar-refractivity contribution in [3.63, 3.8) is 0 Å². The first-order chi connectivity index (χ1) is 40.7. The number of allylic oxidation sites excluding steroid dienone is 2. The van der Waals surface area contributed by atoms with Gasteiger partial charge < -0.3 is 66.4 Å². The molecule has 1 aliphatic rings. The molecule has 88 heavy (non-hydrogen) atoms. The quantitative estimate of drug-likeness (QED) is 0.114. The van der Waals surface area contributed by atoms with Crippen molar-refractivity contribution in [3.05, 3.63) is 12.2 Å². The second-order valence-electron chi connectivity index (χ2n) is 26.6. The lowest BCUT2D eigenvalue weighted by molar-refractivity contribution is -0.157. The normalized spacial score (nSPS) is 27.6. The van der Waals surface area contributed by atoms with Gasteiger partial charge in [-0.05, 0) is 107 Å². The van der Waals surface area contributed by atoms with Crippen molar-refractivity contribution in [1.82, 2.24) is 55.6 Å². The second kappa shape index (κ2) is 36.5. The van der Waals surface area contributed by atoms with Crippen molar-refractivity contribution in [2.24, 2.45) is 47.2 Å². The molecule has 24 heteroatoms. The summed E-state index contributed by atoms with van der Waals surface area (Å²) in [6.07, 6.45) is 3.12. The van der Waals surface area contributed by atoms with Crippen LogP contribution in [0.3, 0.4) is 0 Å². The summed E-state index contributed by atoms with van der Waals surface area (Å²) in [5, 5.41) is 23.2. The Hall–Kier alpha value is -6.17. The highest BCUT2D eigenvalue weighted by molar-refractivity contribution is 6.00. The van der Waals surface area contributed by atoms with Gasteiger partial charge in [-0.25, -0.2) is 0 Å². The molecule has 1 heterocycles. The molecule has 1 rings (SSSR count). The van der Waals surface area contributed by atoms with Crippen LogP contribution in [0.25, 0.3) is 0 Å². The van der Waals surface area contributed by atoms with Crippen LogP contribution >= 0.6 is 0 Å². The molecule has 0 aromatic heterocycles. The first-order valence-electron chi connectivity index (χ1n) is 31.8. The molecule has 1 fully saturated rings. The molecule has 0 aliphatic carbocycles. The molecule has 0 aromatic carbocycles. The molecule has 24 nitrogen and oxygen atoms in total. The van der Waals surface area contributed by atoms with Gasteiger partial charge >= 0.3 is 0 Å². The summed E-state index contributed by atoms with van der Waals surface area (Å²) in [7, 11) is 9.93. The Labute approximate surface area is 526 Å². The number of nitrogens with two attached hydrogens (primary N) is 1. The lowest BCUT2D eigenvalue weighted by atomic mass is 9.91. The molecular weight excluding hydrogens is 1130 g/mol. The maximum Gasteiger partial charge on any atom is 0.246 e. The SMILES string of the molecule is C/C=C/C[C@@H](C)[C@@H](O)[C@H]1C(=O)N[C@@H](CC)C(=O)N(C)[C@H](CCN)C(=O)N(C)[C@@H](C(C)CC)C(=O)N[C@@H](C(C)C)C(=O)N(C)[C@@H](CC(C)C)C(=O)N[C@@H](C)C(=O)N[C@H](C)C(=O)N(C)[C@@H](CC(C)C)C(=O)N(C)[C@@H](CC(C)C)C(=O)N(C)[C@@H](C(C)C)C(=O)N1C. The minimum Gasteiger partial charge on any atom is -0.390 e. The Balaban J connectivity index is 4.46. The van der Waals surface area contributed by atoms with E-state index >= 15 is 9.59 Å². The fourth-order valence-electron chi connectivity index (χ4n) is 11.4. The molecule has 11 amide bonds. The third-order valence-corrected chi connectivity index (χ3v) is 17.2. The number of hydrogen-bond donors (Lipinski definition) is 6. The number of carbonyl (C=O) groups excluding carboxylic acids is 11. The predicted octanol–water partition coefficient (Wildman–Crippen LogP) is 2.99. The summed E-state index contributed by atoms with van der Waals surface area (Å²) in [4.78, 5) is 171. The van der Waals surface area contributed by atoms with E-state index in [1.54, 1.807) is 67.5 Å². The molecule has 0 bridgehead atoms. The standard InChI is InChI=1S/C64H116N12O12/c1-25-28-29-41(15)53(77)52-57(81)68-44(27-3)59(83)70(18)45(30-31-65)60(84)75(23)51(40(14)26-2)56(80)69-49(38(10)11)63(87)71(19)46(32-35(4)5)55(79)66-42(16)54(78)67-43(17)58(82)72(20)47(33-36(6)7)61(85)73(21)48(34-37(8)9)62(86)74(22)50(39(12)13)64(88)76(52)24/h25,28,35-53,77H,26-27,29-34,65H2,1-24H3,(H,66,79)(H,67,78)(H,68,81)(H,69,80)/b28-25+/t40?,41-,42+,43-,44+,45-,46+,47+,48+,49+,50+,51+,52+,53-/m1/s1. The van der Waals surface area contributed by atoms with Crippen LogP contribution in [0.15, 0.2) is 12.2 Å². The van der Waals surface area contributed by atoms with Gasteiger partial charge in [-0.15, -0.1) is 0 Å². The van der Waals surface area contributed by atoms with Gasteiger partial charge in [0.1, 0.15) is 66.5 Å². The zero-order valence-corrected chi connectivity index (χ0v) is 57.9. The highest BCUT2D eigenvalue weighted by Gasteiger charge is 2.46. The van der Waals surface area contributed by atoms with Gasteiger partial charge in [0.25, 0.3) is 0 Å². The summed E-state index contributed by atoms with van der Waals surface area (Å²) in [6.45, 7) is 29.6. The van der Waals surface area contributed by atoms with Crippen LogP contribution < -0.4 is 27.0 Å². The second-order valence-corrected chi connectivity index (χ2v) is 26.6. The van der Waals surface area contributed by atoms with E-state index in [4.69, 9.17) is 5.73 Å². The fourth-order valence-corrected chi connectivity index (χ4v) is 11.4. The van der Waals surface area contributed by atoms with Crippen molar-refractivity contribution in [2.45, 2.75) is 235 Å². The van der Waals surface area contributed by atoms with Gasteiger partial charge in [-0.3, -0.25) is 52.7 Å². The Morgan fingerprint density at radius 2 is 0.886 bits per heavy atom. The average Bonchev–Trinajstić information content (AvgIpc) is 1.39. The monoisotopic (exact) mass is 1240 g/mol. The van der Waals surface area contributed by atoms with Gasteiger partial charge in [0.2, 0.25) is 65.0 Å². The first kappa shape index (κ1) is 79.8.